The van der Waals surface area contributed by atoms with Gasteiger partial charge in [0.05, 0.1) is 16.9 Å². The highest BCUT2D eigenvalue weighted by atomic mass is 16.3. The summed E-state index contributed by atoms with van der Waals surface area (Å²) in [6.45, 7) is 1.82. The van der Waals surface area contributed by atoms with Crippen LogP contribution in [0.1, 0.15) is 11.3 Å². The van der Waals surface area contributed by atoms with Crippen molar-refractivity contribution in [1.29, 1.82) is 0 Å². The lowest BCUT2D eigenvalue weighted by Gasteiger charge is -1.99. The zero-order valence-electron chi connectivity index (χ0n) is 12.0. The summed E-state index contributed by atoms with van der Waals surface area (Å²) in [5.74, 6) is 0.141. The smallest absolute Gasteiger partial charge is 0.280 e. The number of aliphatic imine (C=N–C) groups is 1. The van der Waals surface area contributed by atoms with Crippen LogP contribution < -0.4 is 5.56 Å². The molecule has 2 N–H and O–H groups in total. The Bertz CT molecular complexity index is 876. The van der Waals surface area contributed by atoms with Crippen molar-refractivity contribution < 1.29 is 5.11 Å². The van der Waals surface area contributed by atoms with Gasteiger partial charge in [-0.05, 0) is 31.2 Å². The van der Waals surface area contributed by atoms with E-state index in [0.717, 1.165) is 11.4 Å². The Morgan fingerprint density at radius 2 is 1.91 bits per heavy atom. The molecule has 0 saturated carbocycles. The predicted molar refractivity (Wildman–Crippen MR) is 86.5 cm³/mol. The number of aromatic amines is 1. The standard InChI is InChI=1S/C17H15N3O2/c1-12-16(11-18-13-6-5-9-15(21)10-13)17(22)20(19-12)14-7-3-2-4-8-14/h2-11,19,21H,1H3. The summed E-state index contributed by atoms with van der Waals surface area (Å²) in [5, 5.41) is 12.5. The van der Waals surface area contributed by atoms with E-state index in [4.69, 9.17) is 0 Å². The third-order valence-corrected chi connectivity index (χ3v) is 3.30. The first-order chi connectivity index (χ1) is 10.6. The van der Waals surface area contributed by atoms with E-state index in [2.05, 4.69) is 10.1 Å². The number of rotatable bonds is 3. The molecule has 2 aromatic carbocycles. The molecule has 0 saturated heterocycles. The van der Waals surface area contributed by atoms with Crippen LogP contribution in [0.2, 0.25) is 0 Å². The van der Waals surface area contributed by atoms with Crippen molar-refractivity contribution in [2.45, 2.75) is 6.92 Å². The molecule has 3 aromatic rings. The third kappa shape index (κ3) is 2.69. The summed E-state index contributed by atoms with van der Waals surface area (Å²) in [7, 11) is 0. The van der Waals surface area contributed by atoms with Crippen LogP contribution in [0.15, 0.2) is 64.4 Å². The lowest BCUT2D eigenvalue weighted by atomic mass is 10.2. The van der Waals surface area contributed by atoms with Crippen molar-refractivity contribution in [3.8, 4) is 11.4 Å². The van der Waals surface area contributed by atoms with E-state index in [-0.39, 0.29) is 11.3 Å². The SMILES string of the molecule is Cc1[nH]n(-c2ccccc2)c(=O)c1C=Nc1cccc(O)c1. The van der Waals surface area contributed by atoms with Crippen LogP contribution >= 0.6 is 0 Å². The largest absolute Gasteiger partial charge is 0.508 e. The molecule has 110 valence electrons. The Morgan fingerprint density at radius 1 is 1.14 bits per heavy atom. The molecular formula is C17H15N3O2. The van der Waals surface area contributed by atoms with Gasteiger partial charge in [-0.3, -0.25) is 14.9 Å². The van der Waals surface area contributed by atoms with E-state index in [1.807, 2.05) is 37.3 Å². The van der Waals surface area contributed by atoms with Gasteiger partial charge in [0.15, 0.2) is 0 Å². The quantitative estimate of drug-likeness (QED) is 0.729. The Kier molecular flexibility index (Phi) is 3.62. The number of hydrogen-bond donors (Lipinski definition) is 2. The highest BCUT2D eigenvalue weighted by Crippen LogP contribution is 2.18. The van der Waals surface area contributed by atoms with Gasteiger partial charge in [0.25, 0.3) is 5.56 Å². The van der Waals surface area contributed by atoms with Gasteiger partial charge in [-0.15, -0.1) is 0 Å². The zero-order valence-corrected chi connectivity index (χ0v) is 12.0. The Labute approximate surface area is 127 Å². The number of nitrogens with one attached hydrogen (secondary N) is 1. The molecule has 0 amide bonds. The van der Waals surface area contributed by atoms with Crippen molar-refractivity contribution in [1.82, 2.24) is 9.78 Å². The first-order valence-electron chi connectivity index (χ1n) is 6.85. The Morgan fingerprint density at radius 3 is 2.64 bits per heavy atom. The molecule has 0 aliphatic heterocycles. The maximum Gasteiger partial charge on any atom is 0.280 e. The molecule has 0 unspecified atom stereocenters. The topological polar surface area (TPSA) is 70.4 Å². The molecule has 0 radical (unpaired) electrons. The fourth-order valence-electron chi connectivity index (χ4n) is 2.18. The number of aromatic nitrogens is 2. The van der Waals surface area contributed by atoms with Gasteiger partial charge in [-0.25, -0.2) is 4.68 Å². The lowest BCUT2D eigenvalue weighted by Crippen LogP contribution is -2.17. The predicted octanol–water partition coefficient (Wildman–Crippen LogP) is 2.93. The number of H-pyrrole nitrogens is 1. The number of hydrogen-bond acceptors (Lipinski definition) is 3. The van der Waals surface area contributed by atoms with E-state index < -0.39 is 0 Å². The highest BCUT2D eigenvalue weighted by Gasteiger charge is 2.10. The Hall–Kier alpha value is -3.08. The number of benzene rings is 2. The van der Waals surface area contributed by atoms with Gasteiger partial charge in [0.1, 0.15) is 5.75 Å². The molecule has 0 aliphatic carbocycles. The van der Waals surface area contributed by atoms with Crippen molar-refractivity contribution in [3.05, 3.63) is 76.2 Å². The molecule has 0 bridgehead atoms. The fraction of sp³-hybridized carbons (Fsp3) is 0.0588. The molecule has 1 aromatic heterocycles. The second kappa shape index (κ2) is 5.73. The zero-order chi connectivity index (χ0) is 15.5. The molecule has 3 rings (SSSR count). The molecule has 5 heteroatoms. The van der Waals surface area contributed by atoms with Gasteiger partial charge in [-0.1, -0.05) is 24.3 Å². The van der Waals surface area contributed by atoms with Crippen LogP contribution in [-0.2, 0) is 0 Å². The number of aromatic hydroxyl groups is 1. The van der Waals surface area contributed by atoms with Crippen LogP contribution in [0.25, 0.3) is 5.69 Å². The van der Waals surface area contributed by atoms with E-state index in [1.165, 1.54) is 17.0 Å². The average molecular weight is 293 g/mol. The van der Waals surface area contributed by atoms with Crippen LogP contribution in [0.4, 0.5) is 5.69 Å². The van der Waals surface area contributed by atoms with Crippen molar-refractivity contribution in [2.75, 3.05) is 0 Å². The van der Waals surface area contributed by atoms with Crippen LogP contribution in [-0.4, -0.2) is 21.1 Å². The summed E-state index contributed by atoms with van der Waals surface area (Å²) in [6, 6.07) is 15.9. The summed E-state index contributed by atoms with van der Waals surface area (Å²) in [5.41, 5.74) is 2.43. The maximum absolute atomic E-state index is 12.5. The van der Waals surface area contributed by atoms with E-state index in [0.29, 0.717) is 11.3 Å². The van der Waals surface area contributed by atoms with Crippen LogP contribution in [0.3, 0.4) is 0 Å². The molecule has 22 heavy (non-hydrogen) atoms. The fourth-order valence-corrected chi connectivity index (χ4v) is 2.18. The number of aryl methyl sites for hydroxylation is 1. The molecule has 5 nitrogen and oxygen atoms in total. The third-order valence-electron chi connectivity index (χ3n) is 3.30. The van der Waals surface area contributed by atoms with E-state index in [1.54, 1.807) is 18.2 Å². The second-order valence-electron chi connectivity index (χ2n) is 4.90. The lowest BCUT2D eigenvalue weighted by molar-refractivity contribution is 0.475. The average Bonchev–Trinajstić information content (AvgIpc) is 2.81. The summed E-state index contributed by atoms with van der Waals surface area (Å²) in [6.07, 6.45) is 1.52. The minimum Gasteiger partial charge on any atom is -0.508 e. The molecule has 1 heterocycles. The van der Waals surface area contributed by atoms with Gasteiger partial charge in [0, 0.05) is 18.0 Å². The number of phenolic OH excluding ortho intramolecular Hbond substituents is 1. The summed E-state index contributed by atoms with van der Waals surface area (Å²) >= 11 is 0. The molecule has 0 spiro atoms. The molecule has 0 aliphatic rings. The molecular weight excluding hydrogens is 278 g/mol. The van der Waals surface area contributed by atoms with Gasteiger partial charge in [-0.2, -0.15) is 0 Å². The number of phenols is 1. The summed E-state index contributed by atoms with van der Waals surface area (Å²) in [4.78, 5) is 16.7. The molecule has 0 fully saturated rings. The highest BCUT2D eigenvalue weighted by molar-refractivity contribution is 5.83. The first kappa shape index (κ1) is 13.9. The van der Waals surface area contributed by atoms with Gasteiger partial charge < -0.3 is 5.11 Å². The van der Waals surface area contributed by atoms with Crippen molar-refractivity contribution >= 4 is 11.9 Å². The van der Waals surface area contributed by atoms with Gasteiger partial charge >= 0.3 is 0 Å². The molecule has 0 atom stereocenters. The minimum absolute atomic E-state index is 0.141. The van der Waals surface area contributed by atoms with Crippen molar-refractivity contribution in [2.24, 2.45) is 4.99 Å². The Balaban J connectivity index is 1.99. The van der Waals surface area contributed by atoms with E-state index >= 15 is 0 Å². The second-order valence-corrected chi connectivity index (χ2v) is 4.90. The van der Waals surface area contributed by atoms with E-state index in [9.17, 15) is 9.90 Å². The normalized spacial score (nSPS) is 11.1. The first-order valence-corrected chi connectivity index (χ1v) is 6.85. The van der Waals surface area contributed by atoms with Crippen LogP contribution in [0, 0.1) is 6.92 Å². The van der Waals surface area contributed by atoms with Gasteiger partial charge in [0.2, 0.25) is 0 Å². The monoisotopic (exact) mass is 293 g/mol. The van der Waals surface area contributed by atoms with Crippen molar-refractivity contribution in [3.63, 3.8) is 0 Å². The minimum atomic E-state index is -0.160. The number of para-hydroxylation sites is 1. The number of nitrogens with zero attached hydrogens (tertiary/aromatic N) is 2. The maximum atomic E-state index is 12.5. The van der Waals surface area contributed by atoms with Crippen LogP contribution in [0.5, 0.6) is 5.75 Å². The summed E-state index contributed by atoms with van der Waals surface area (Å²) < 4.78 is 1.49.